The Morgan fingerprint density at radius 1 is 0.967 bits per heavy atom. The standard InChI is InChI=1S/C21H18N2O3.C4H10/c1-3-25-21(24)20-19(16(13-22)14-23(20)2)15-9-11-18(12-10-15)26-17-7-5-4-6-8-17;1-3-4-2/h4-12,14H,3H2,1-2H3;3-4H2,1-2H3. The number of aryl methyl sites for hydroxylation is 1. The number of unbranched alkanes of at least 4 members (excludes halogenated alkanes) is 1. The van der Waals surface area contributed by atoms with E-state index in [0.29, 0.717) is 22.6 Å². The number of hydrogen-bond donors (Lipinski definition) is 0. The van der Waals surface area contributed by atoms with Gasteiger partial charge in [-0.1, -0.05) is 57.0 Å². The molecule has 0 radical (unpaired) electrons. The Kier molecular flexibility index (Phi) is 8.71. The molecule has 3 rings (SSSR count). The molecule has 0 unspecified atom stereocenters. The maximum Gasteiger partial charge on any atom is 0.355 e. The van der Waals surface area contributed by atoms with Crippen LogP contribution in [0.2, 0.25) is 0 Å². The molecule has 0 bridgehead atoms. The molecule has 0 saturated heterocycles. The van der Waals surface area contributed by atoms with E-state index in [1.54, 1.807) is 24.7 Å². The molecular weight excluding hydrogens is 376 g/mol. The molecule has 2 aromatic carbocycles. The Morgan fingerprint density at radius 3 is 2.10 bits per heavy atom. The number of hydrogen-bond acceptors (Lipinski definition) is 4. The molecule has 1 heterocycles. The van der Waals surface area contributed by atoms with Gasteiger partial charge in [0.25, 0.3) is 0 Å². The van der Waals surface area contributed by atoms with E-state index >= 15 is 0 Å². The number of ether oxygens (including phenoxy) is 2. The van der Waals surface area contributed by atoms with Gasteiger partial charge in [-0.25, -0.2) is 4.79 Å². The van der Waals surface area contributed by atoms with Crippen LogP contribution in [0.1, 0.15) is 49.7 Å². The number of para-hydroxylation sites is 1. The van der Waals surface area contributed by atoms with Crippen molar-refractivity contribution < 1.29 is 14.3 Å². The van der Waals surface area contributed by atoms with E-state index in [-0.39, 0.29) is 6.61 Å². The van der Waals surface area contributed by atoms with Crippen LogP contribution in [0, 0.1) is 11.3 Å². The monoisotopic (exact) mass is 404 g/mol. The van der Waals surface area contributed by atoms with E-state index in [2.05, 4.69) is 19.9 Å². The summed E-state index contributed by atoms with van der Waals surface area (Å²) in [5.74, 6) is 0.966. The number of nitrogens with zero attached hydrogens (tertiary/aromatic N) is 2. The van der Waals surface area contributed by atoms with Crippen LogP contribution < -0.4 is 4.74 Å². The Balaban J connectivity index is 0.000000735. The quantitative estimate of drug-likeness (QED) is 0.450. The molecule has 5 nitrogen and oxygen atoms in total. The Labute approximate surface area is 178 Å². The number of rotatable bonds is 6. The van der Waals surface area contributed by atoms with Gasteiger partial charge in [0, 0.05) is 18.8 Å². The zero-order valence-corrected chi connectivity index (χ0v) is 18.0. The van der Waals surface area contributed by atoms with Gasteiger partial charge < -0.3 is 14.0 Å². The molecular formula is C25H28N2O3. The van der Waals surface area contributed by atoms with E-state index < -0.39 is 5.97 Å². The maximum absolute atomic E-state index is 12.3. The van der Waals surface area contributed by atoms with Gasteiger partial charge in [-0.15, -0.1) is 0 Å². The third kappa shape index (κ3) is 5.74. The van der Waals surface area contributed by atoms with Crippen molar-refractivity contribution in [2.24, 2.45) is 7.05 Å². The molecule has 3 aromatic rings. The van der Waals surface area contributed by atoms with Crippen LogP contribution in [0.5, 0.6) is 11.5 Å². The summed E-state index contributed by atoms with van der Waals surface area (Å²) < 4.78 is 12.5. The van der Waals surface area contributed by atoms with Crippen molar-refractivity contribution >= 4 is 5.97 Å². The summed E-state index contributed by atoms with van der Waals surface area (Å²) in [5, 5.41) is 9.44. The molecule has 30 heavy (non-hydrogen) atoms. The minimum Gasteiger partial charge on any atom is -0.461 e. The fourth-order valence-electron chi connectivity index (χ4n) is 2.76. The first-order chi connectivity index (χ1) is 14.5. The van der Waals surface area contributed by atoms with Crippen LogP contribution in [0.4, 0.5) is 0 Å². The third-order valence-electron chi connectivity index (χ3n) is 4.39. The highest BCUT2D eigenvalue weighted by Crippen LogP contribution is 2.32. The van der Waals surface area contributed by atoms with Gasteiger partial charge in [0.05, 0.1) is 12.2 Å². The molecule has 0 aliphatic carbocycles. The lowest BCUT2D eigenvalue weighted by atomic mass is 10.0. The minimum absolute atomic E-state index is 0.273. The highest BCUT2D eigenvalue weighted by Gasteiger charge is 2.22. The van der Waals surface area contributed by atoms with Crippen molar-refractivity contribution in [3.8, 4) is 28.7 Å². The largest absolute Gasteiger partial charge is 0.461 e. The number of carbonyl (C=O) groups excluding carboxylic acids is 1. The number of esters is 1. The summed E-state index contributed by atoms with van der Waals surface area (Å²) in [6.45, 7) is 6.39. The summed E-state index contributed by atoms with van der Waals surface area (Å²) in [7, 11) is 1.73. The first-order valence-electron chi connectivity index (χ1n) is 10.1. The lowest BCUT2D eigenvalue weighted by Crippen LogP contribution is -2.10. The molecule has 1 aromatic heterocycles. The number of aromatic nitrogens is 1. The first-order valence-corrected chi connectivity index (χ1v) is 10.1. The minimum atomic E-state index is -0.448. The topological polar surface area (TPSA) is 64.2 Å². The van der Waals surface area contributed by atoms with Crippen molar-refractivity contribution in [3.05, 3.63) is 72.1 Å². The molecule has 0 saturated carbocycles. The molecule has 0 N–H and O–H groups in total. The highest BCUT2D eigenvalue weighted by molar-refractivity contribution is 5.97. The zero-order valence-electron chi connectivity index (χ0n) is 18.0. The summed E-state index contributed by atoms with van der Waals surface area (Å²) in [6.07, 6.45) is 4.27. The van der Waals surface area contributed by atoms with Crippen LogP contribution in [-0.2, 0) is 11.8 Å². The van der Waals surface area contributed by atoms with Crippen LogP contribution >= 0.6 is 0 Å². The van der Waals surface area contributed by atoms with Crippen LogP contribution in [0.3, 0.4) is 0 Å². The average molecular weight is 405 g/mol. The lowest BCUT2D eigenvalue weighted by Gasteiger charge is -2.09. The smallest absolute Gasteiger partial charge is 0.355 e. The number of nitriles is 1. The third-order valence-corrected chi connectivity index (χ3v) is 4.39. The van der Waals surface area contributed by atoms with Gasteiger partial charge in [-0.3, -0.25) is 0 Å². The van der Waals surface area contributed by atoms with Gasteiger partial charge in [0.1, 0.15) is 23.3 Å². The molecule has 0 atom stereocenters. The molecule has 156 valence electrons. The number of carbonyl (C=O) groups is 1. The van der Waals surface area contributed by atoms with E-state index in [0.717, 1.165) is 11.3 Å². The average Bonchev–Trinajstić information content (AvgIpc) is 3.11. The summed E-state index contributed by atoms with van der Waals surface area (Å²) in [6, 6.07) is 18.9. The van der Waals surface area contributed by atoms with Crippen molar-refractivity contribution in [3.63, 3.8) is 0 Å². The molecule has 0 amide bonds. The van der Waals surface area contributed by atoms with E-state index in [1.807, 2.05) is 54.6 Å². The van der Waals surface area contributed by atoms with Crippen molar-refractivity contribution in [1.82, 2.24) is 4.57 Å². The SMILES string of the molecule is CCCC.CCOC(=O)c1c(-c2ccc(Oc3ccccc3)cc2)c(C#N)cn1C. The second-order valence-corrected chi connectivity index (χ2v) is 6.65. The summed E-state index contributed by atoms with van der Waals surface area (Å²) in [5.41, 5.74) is 2.11. The zero-order chi connectivity index (χ0) is 21.9. The predicted octanol–water partition coefficient (Wildman–Crippen LogP) is 6.34. The van der Waals surface area contributed by atoms with Gasteiger partial charge in [0.2, 0.25) is 0 Å². The second kappa shape index (κ2) is 11.5. The Bertz CT molecular complexity index is 982. The fourth-order valence-corrected chi connectivity index (χ4v) is 2.76. The maximum atomic E-state index is 12.3. The normalized spacial score (nSPS) is 9.83. The van der Waals surface area contributed by atoms with Crippen molar-refractivity contribution in [1.29, 1.82) is 5.26 Å². The highest BCUT2D eigenvalue weighted by atomic mass is 16.5. The molecule has 0 aliphatic heterocycles. The summed E-state index contributed by atoms with van der Waals surface area (Å²) >= 11 is 0. The van der Waals surface area contributed by atoms with Crippen LogP contribution in [0.25, 0.3) is 11.1 Å². The van der Waals surface area contributed by atoms with Gasteiger partial charge in [-0.05, 0) is 36.8 Å². The van der Waals surface area contributed by atoms with Crippen molar-refractivity contribution in [2.45, 2.75) is 33.6 Å². The van der Waals surface area contributed by atoms with Crippen molar-refractivity contribution in [2.75, 3.05) is 6.61 Å². The summed E-state index contributed by atoms with van der Waals surface area (Å²) in [4.78, 5) is 12.3. The first kappa shape index (κ1) is 22.8. The van der Waals surface area contributed by atoms with Gasteiger partial charge in [0.15, 0.2) is 0 Å². The lowest BCUT2D eigenvalue weighted by molar-refractivity contribution is 0.0516. The predicted molar refractivity (Wildman–Crippen MR) is 119 cm³/mol. The number of benzene rings is 2. The molecule has 0 aliphatic rings. The van der Waals surface area contributed by atoms with Gasteiger partial charge >= 0.3 is 5.97 Å². The Hall–Kier alpha value is -3.52. The van der Waals surface area contributed by atoms with E-state index in [1.165, 1.54) is 12.8 Å². The Morgan fingerprint density at radius 2 is 1.57 bits per heavy atom. The molecule has 0 fully saturated rings. The van der Waals surface area contributed by atoms with E-state index in [4.69, 9.17) is 9.47 Å². The van der Waals surface area contributed by atoms with Gasteiger partial charge in [-0.2, -0.15) is 5.26 Å². The van der Waals surface area contributed by atoms with Crippen LogP contribution in [-0.4, -0.2) is 17.1 Å². The molecule has 0 spiro atoms. The van der Waals surface area contributed by atoms with Crippen LogP contribution in [0.15, 0.2) is 60.8 Å². The van der Waals surface area contributed by atoms with E-state index in [9.17, 15) is 10.1 Å². The molecule has 5 heteroatoms. The second-order valence-electron chi connectivity index (χ2n) is 6.65. The fraction of sp³-hybridized carbons (Fsp3) is 0.280.